The predicted octanol–water partition coefficient (Wildman–Crippen LogP) is 4.42. The molecule has 1 aromatic carbocycles. The molecule has 3 nitrogen and oxygen atoms in total. The van der Waals surface area contributed by atoms with Crippen molar-refractivity contribution in [3.8, 4) is 0 Å². The molecule has 0 aliphatic heterocycles. The zero-order valence-electron chi connectivity index (χ0n) is 12.2. The van der Waals surface area contributed by atoms with Crippen LogP contribution in [0.4, 0.5) is 0 Å². The third-order valence-electron chi connectivity index (χ3n) is 3.82. The minimum atomic E-state index is 0.256. The predicted molar refractivity (Wildman–Crippen MR) is 83.8 cm³/mol. The molecule has 0 radical (unpaired) electrons. The van der Waals surface area contributed by atoms with Gasteiger partial charge in [0.1, 0.15) is 5.71 Å². The zero-order valence-corrected chi connectivity index (χ0v) is 12.2. The van der Waals surface area contributed by atoms with E-state index in [1.54, 1.807) is 6.92 Å². The van der Waals surface area contributed by atoms with Gasteiger partial charge in [-0.1, -0.05) is 46.6 Å². The zero-order chi connectivity index (χ0) is 14.7. The number of allylic oxidation sites excluding steroid dienone is 4. The van der Waals surface area contributed by atoms with Gasteiger partial charge in [0.25, 0.3) is 0 Å². The van der Waals surface area contributed by atoms with Crippen LogP contribution in [-0.2, 0) is 0 Å². The molecular weight excluding hydrogens is 248 g/mol. The number of nitrogens with zero attached hydrogens (tertiary/aromatic N) is 1. The van der Waals surface area contributed by atoms with E-state index in [1.165, 1.54) is 22.3 Å². The molecule has 1 aliphatic carbocycles. The van der Waals surface area contributed by atoms with Gasteiger partial charge < -0.3 is 10.6 Å². The summed E-state index contributed by atoms with van der Waals surface area (Å²) in [5, 5.41) is 19.7. The Morgan fingerprint density at radius 3 is 2.30 bits per heavy atom. The van der Waals surface area contributed by atoms with Crippen LogP contribution in [0.1, 0.15) is 44.7 Å². The van der Waals surface area contributed by atoms with Crippen molar-refractivity contribution in [2.75, 3.05) is 0 Å². The molecule has 0 bridgehead atoms. The molecule has 1 aromatic rings. The highest BCUT2D eigenvalue weighted by Crippen LogP contribution is 2.30. The average Bonchev–Trinajstić information content (AvgIpc) is 2.43. The minimum absolute atomic E-state index is 0.256. The first-order valence-corrected chi connectivity index (χ1v) is 6.75. The monoisotopic (exact) mass is 268 g/mol. The van der Waals surface area contributed by atoms with Gasteiger partial charge in [-0.3, -0.25) is 0 Å². The quantitative estimate of drug-likeness (QED) is 0.362. The molecule has 0 aromatic heterocycles. The Morgan fingerprint density at radius 2 is 1.80 bits per heavy atom. The Balaban J connectivity index is 2.24. The lowest BCUT2D eigenvalue weighted by Gasteiger charge is -2.17. The van der Waals surface area contributed by atoms with E-state index in [4.69, 9.17) is 10.6 Å². The van der Waals surface area contributed by atoms with E-state index in [2.05, 4.69) is 25.1 Å². The highest BCUT2D eigenvalue weighted by Gasteiger charge is 2.11. The van der Waals surface area contributed by atoms with Gasteiger partial charge in [0.15, 0.2) is 0 Å². The van der Waals surface area contributed by atoms with Crippen LogP contribution in [0.2, 0.25) is 0 Å². The standard InChI is InChI=1S/C17H20N2O/c1-11-4-5-16(10-12(11)2)14-6-8-15(9-7-14)17(19-20)13(3)18/h5-9,18,20H,4,10H2,1-3H3/b18-13?,19-17-. The summed E-state index contributed by atoms with van der Waals surface area (Å²) in [6.07, 6.45) is 4.29. The third kappa shape index (κ3) is 2.87. The Hall–Kier alpha value is -2.16. The van der Waals surface area contributed by atoms with E-state index < -0.39 is 0 Å². The number of benzene rings is 1. The second-order valence-electron chi connectivity index (χ2n) is 5.32. The van der Waals surface area contributed by atoms with E-state index in [-0.39, 0.29) is 5.71 Å². The Bertz CT molecular complexity index is 619. The molecule has 2 rings (SSSR count). The molecule has 2 N–H and O–H groups in total. The van der Waals surface area contributed by atoms with Crippen molar-refractivity contribution in [3.63, 3.8) is 0 Å². The maximum atomic E-state index is 8.96. The summed E-state index contributed by atoms with van der Waals surface area (Å²) in [6, 6.07) is 7.87. The first-order valence-electron chi connectivity index (χ1n) is 6.75. The molecule has 0 unspecified atom stereocenters. The summed E-state index contributed by atoms with van der Waals surface area (Å²) in [5.41, 5.74) is 6.78. The van der Waals surface area contributed by atoms with Gasteiger partial charge in [-0.25, -0.2) is 0 Å². The molecular formula is C17H20N2O. The van der Waals surface area contributed by atoms with Gasteiger partial charge in [-0.2, -0.15) is 0 Å². The second kappa shape index (κ2) is 5.87. The molecule has 0 saturated carbocycles. The van der Waals surface area contributed by atoms with E-state index >= 15 is 0 Å². The van der Waals surface area contributed by atoms with Gasteiger partial charge in [0.2, 0.25) is 0 Å². The SMILES string of the molecule is CC(=N)/C(=N/O)c1ccc(C2=CCC(C)=C(C)C2)cc1. The summed E-state index contributed by atoms with van der Waals surface area (Å²) in [5.74, 6) is 0. The van der Waals surface area contributed by atoms with Crippen molar-refractivity contribution in [1.29, 1.82) is 5.41 Å². The van der Waals surface area contributed by atoms with Crippen molar-refractivity contribution in [2.45, 2.75) is 33.6 Å². The van der Waals surface area contributed by atoms with Crippen molar-refractivity contribution in [2.24, 2.45) is 5.16 Å². The Labute approximate surface area is 119 Å². The van der Waals surface area contributed by atoms with Crippen LogP contribution in [0.25, 0.3) is 5.57 Å². The highest BCUT2D eigenvalue weighted by atomic mass is 16.4. The number of rotatable bonds is 3. The summed E-state index contributed by atoms with van der Waals surface area (Å²) in [4.78, 5) is 0. The lowest BCUT2D eigenvalue weighted by atomic mass is 9.89. The molecule has 0 heterocycles. The van der Waals surface area contributed by atoms with Crippen molar-refractivity contribution in [3.05, 3.63) is 52.6 Å². The van der Waals surface area contributed by atoms with Crippen LogP contribution in [0.5, 0.6) is 0 Å². The molecule has 3 heteroatoms. The topological polar surface area (TPSA) is 56.4 Å². The highest BCUT2D eigenvalue weighted by molar-refractivity contribution is 6.46. The van der Waals surface area contributed by atoms with Crippen molar-refractivity contribution >= 4 is 17.0 Å². The number of hydrogen-bond donors (Lipinski definition) is 2. The maximum absolute atomic E-state index is 8.96. The second-order valence-corrected chi connectivity index (χ2v) is 5.32. The van der Waals surface area contributed by atoms with Crippen molar-refractivity contribution in [1.82, 2.24) is 0 Å². The van der Waals surface area contributed by atoms with Gasteiger partial charge in [0, 0.05) is 5.56 Å². The molecule has 0 atom stereocenters. The fraction of sp³-hybridized carbons (Fsp3) is 0.294. The normalized spacial score (nSPS) is 16.1. The molecule has 20 heavy (non-hydrogen) atoms. The van der Waals surface area contributed by atoms with Gasteiger partial charge in [-0.05, 0) is 44.7 Å². The van der Waals surface area contributed by atoms with Crippen LogP contribution in [0, 0.1) is 5.41 Å². The van der Waals surface area contributed by atoms with Crippen molar-refractivity contribution < 1.29 is 5.21 Å². The molecule has 104 valence electrons. The lowest BCUT2D eigenvalue weighted by molar-refractivity contribution is 0.320. The smallest absolute Gasteiger partial charge is 0.130 e. The first kappa shape index (κ1) is 14.3. The first-order chi connectivity index (χ1) is 9.52. The van der Waals surface area contributed by atoms with E-state index in [0.29, 0.717) is 5.71 Å². The summed E-state index contributed by atoms with van der Waals surface area (Å²) in [6.45, 7) is 5.98. The summed E-state index contributed by atoms with van der Waals surface area (Å²) < 4.78 is 0. The van der Waals surface area contributed by atoms with E-state index in [9.17, 15) is 0 Å². The average molecular weight is 268 g/mol. The fourth-order valence-corrected chi connectivity index (χ4v) is 2.37. The molecule has 0 fully saturated rings. The van der Waals surface area contributed by atoms with Crippen LogP contribution in [0.3, 0.4) is 0 Å². The Morgan fingerprint density at radius 1 is 1.15 bits per heavy atom. The number of nitrogens with one attached hydrogen (secondary N) is 1. The largest absolute Gasteiger partial charge is 0.410 e. The molecule has 0 saturated heterocycles. The molecule has 1 aliphatic rings. The minimum Gasteiger partial charge on any atom is -0.410 e. The van der Waals surface area contributed by atoms with E-state index in [0.717, 1.165) is 18.4 Å². The summed E-state index contributed by atoms with van der Waals surface area (Å²) >= 11 is 0. The van der Waals surface area contributed by atoms with Crippen LogP contribution in [0.15, 0.2) is 46.6 Å². The summed E-state index contributed by atoms with van der Waals surface area (Å²) in [7, 11) is 0. The lowest BCUT2D eigenvalue weighted by Crippen LogP contribution is -2.10. The van der Waals surface area contributed by atoms with Crippen LogP contribution >= 0.6 is 0 Å². The Kier molecular flexibility index (Phi) is 4.18. The van der Waals surface area contributed by atoms with Crippen LogP contribution in [-0.4, -0.2) is 16.6 Å². The maximum Gasteiger partial charge on any atom is 0.130 e. The van der Waals surface area contributed by atoms with E-state index in [1.807, 2.05) is 24.3 Å². The number of hydrogen-bond acceptors (Lipinski definition) is 3. The fourth-order valence-electron chi connectivity index (χ4n) is 2.37. The van der Waals surface area contributed by atoms with Gasteiger partial charge in [0.05, 0.1) is 5.71 Å². The number of oxime groups is 1. The molecule has 0 amide bonds. The molecule has 0 spiro atoms. The van der Waals surface area contributed by atoms with Gasteiger partial charge in [-0.15, -0.1) is 0 Å². The van der Waals surface area contributed by atoms with Crippen LogP contribution < -0.4 is 0 Å². The third-order valence-corrected chi connectivity index (χ3v) is 3.82. The van der Waals surface area contributed by atoms with Gasteiger partial charge >= 0.3 is 0 Å².